The van der Waals surface area contributed by atoms with Crippen molar-refractivity contribution in [3.05, 3.63) is 23.5 Å². The van der Waals surface area contributed by atoms with E-state index < -0.39 is 0 Å². The highest BCUT2D eigenvalue weighted by Crippen LogP contribution is 2.17. The van der Waals surface area contributed by atoms with Gasteiger partial charge in [0.25, 0.3) is 0 Å². The van der Waals surface area contributed by atoms with Crippen molar-refractivity contribution in [3.8, 4) is 5.75 Å². The molecule has 20 heavy (non-hydrogen) atoms. The second-order valence-corrected chi connectivity index (χ2v) is 4.81. The highest BCUT2D eigenvalue weighted by molar-refractivity contribution is 5.75. The molecule has 0 aliphatic carbocycles. The Morgan fingerprint density at radius 3 is 2.85 bits per heavy atom. The van der Waals surface area contributed by atoms with E-state index in [1.54, 1.807) is 11.9 Å². The Labute approximate surface area is 121 Å². The number of ether oxygens (including phenoxy) is 1. The van der Waals surface area contributed by atoms with Crippen LogP contribution in [0.15, 0.2) is 12.1 Å². The molecule has 0 radical (unpaired) electrons. The molecule has 0 aromatic carbocycles. The summed E-state index contributed by atoms with van der Waals surface area (Å²) in [6.45, 7) is 5.67. The number of nitrogens with zero attached hydrogens (tertiary/aromatic N) is 2. The average molecular weight is 279 g/mol. The molecule has 0 fully saturated rings. The molecular formula is C15H25N3O2. The van der Waals surface area contributed by atoms with E-state index in [9.17, 15) is 4.79 Å². The van der Waals surface area contributed by atoms with Gasteiger partial charge in [0.05, 0.1) is 18.7 Å². The highest BCUT2D eigenvalue weighted by atomic mass is 16.5. The molecule has 0 unspecified atom stereocenters. The van der Waals surface area contributed by atoms with E-state index in [-0.39, 0.29) is 5.91 Å². The number of aromatic nitrogens is 1. The first-order valence-electron chi connectivity index (χ1n) is 7.11. The van der Waals surface area contributed by atoms with Gasteiger partial charge >= 0.3 is 0 Å². The zero-order chi connectivity index (χ0) is 15.0. The van der Waals surface area contributed by atoms with Gasteiger partial charge in [-0.15, -0.1) is 0 Å². The molecule has 0 bridgehead atoms. The summed E-state index contributed by atoms with van der Waals surface area (Å²) in [5, 5.41) is 0. The summed E-state index contributed by atoms with van der Waals surface area (Å²) in [5.41, 5.74) is 7.34. The van der Waals surface area contributed by atoms with Crippen molar-refractivity contribution in [1.29, 1.82) is 0 Å². The van der Waals surface area contributed by atoms with Crippen LogP contribution in [0.2, 0.25) is 0 Å². The van der Waals surface area contributed by atoms with E-state index >= 15 is 0 Å². The maximum atomic E-state index is 11.8. The van der Waals surface area contributed by atoms with Gasteiger partial charge in [0.2, 0.25) is 5.91 Å². The van der Waals surface area contributed by atoms with E-state index in [4.69, 9.17) is 10.5 Å². The third kappa shape index (κ3) is 5.17. The molecule has 5 heteroatoms. The number of carbonyl (C=O) groups is 1. The maximum Gasteiger partial charge on any atom is 0.225 e. The molecule has 2 N–H and O–H groups in total. The van der Waals surface area contributed by atoms with Crippen LogP contribution in [0.5, 0.6) is 5.75 Å². The summed E-state index contributed by atoms with van der Waals surface area (Å²) in [7, 11) is 1.79. The number of nitrogens with two attached hydrogens (primary N) is 1. The molecule has 1 amide bonds. The number of carbonyl (C=O) groups excluding carboxylic acids is 1. The van der Waals surface area contributed by atoms with Crippen LogP contribution in [-0.4, -0.2) is 42.5 Å². The minimum Gasteiger partial charge on any atom is -0.491 e. The first kappa shape index (κ1) is 16.4. The largest absolute Gasteiger partial charge is 0.491 e. The van der Waals surface area contributed by atoms with Gasteiger partial charge in [0.15, 0.2) is 0 Å². The molecule has 0 atom stereocenters. The lowest BCUT2D eigenvalue weighted by atomic mass is 10.2. The molecule has 1 aromatic heterocycles. The standard InChI is InChI=1S/C15H25N3O2/c1-4-13-14(7-6-12(2)17-13)20-11-8-15(19)18(3)10-5-9-16/h6-7H,4-5,8-11,16H2,1-3H3. The van der Waals surface area contributed by atoms with Crippen molar-refractivity contribution in [3.63, 3.8) is 0 Å². The summed E-state index contributed by atoms with van der Waals surface area (Å²) in [5.74, 6) is 0.854. The van der Waals surface area contributed by atoms with Crippen LogP contribution >= 0.6 is 0 Å². The van der Waals surface area contributed by atoms with Crippen molar-refractivity contribution in [2.24, 2.45) is 5.73 Å². The molecule has 5 nitrogen and oxygen atoms in total. The van der Waals surface area contributed by atoms with Gasteiger partial charge in [-0.05, 0) is 38.4 Å². The van der Waals surface area contributed by atoms with E-state index in [2.05, 4.69) is 4.98 Å². The summed E-state index contributed by atoms with van der Waals surface area (Å²) in [4.78, 5) is 18.0. The molecule has 0 saturated heterocycles. The lowest BCUT2D eigenvalue weighted by Crippen LogP contribution is -2.30. The molecule has 0 spiro atoms. The van der Waals surface area contributed by atoms with E-state index in [1.165, 1.54) is 0 Å². The highest BCUT2D eigenvalue weighted by Gasteiger charge is 2.09. The summed E-state index contributed by atoms with van der Waals surface area (Å²) < 4.78 is 5.67. The third-order valence-corrected chi connectivity index (χ3v) is 3.10. The number of aryl methyl sites for hydroxylation is 2. The average Bonchev–Trinajstić information content (AvgIpc) is 2.45. The fraction of sp³-hybridized carbons (Fsp3) is 0.600. The fourth-order valence-electron chi connectivity index (χ4n) is 1.87. The van der Waals surface area contributed by atoms with Crippen molar-refractivity contribution in [1.82, 2.24) is 9.88 Å². The summed E-state index contributed by atoms with van der Waals surface area (Å²) >= 11 is 0. The van der Waals surface area contributed by atoms with Crippen LogP contribution in [0, 0.1) is 6.92 Å². The lowest BCUT2D eigenvalue weighted by Gasteiger charge is -2.17. The van der Waals surface area contributed by atoms with Gasteiger partial charge in [0, 0.05) is 19.3 Å². The van der Waals surface area contributed by atoms with Crippen molar-refractivity contribution in [2.45, 2.75) is 33.1 Å². The normalized spacial score (nSPS) is 10.4. The molecule has 1 heterocycles. The topological polar surface area (TPSA) is 68.5 Å². The number of hydrogen-bond donors (Lipinski definition) is 1. The van der Waals surface area contributed by atoms with Gasteiger partial charge in [-0.3, -0.25) is 9.78 Å². The zero-order valence-electron chi connectivity index (χ0n) is 12.7. The van der Waals surface area contributed by atoms with Gasteiger partial charge in [-0.2, -0.15) is 0 Å². The van der Waals surface area contributed by atoms with E-state index in [1.807, 2.05) is 26.0 Å². The minimum absolute atomic E-state index is 0.0802. The van der Waals surface area contributed by atoms with Gasteiger partial charge < -0.3 is 15.4 Å². The Morgan fingerprint density at radius 1 is 1.45 bits per heavy atom. The monoisotopic (exact) mass is 279 g/mol. The molecule has 0 aliphatic rings. The second kappa shape index (κ2) is 8.53. The number of rotatable bonds is 8. The van der Waals surface area contributed by atoms with Crippen molar-refractivity contribution in [2.75, 3.05) is 26.7 Å². The second-order valence-electron chi connectivity index (χ2n) is 4.81. The van der Waals surface area contributed by atoms with Crippen LogP contribution in [0.25, 0.3) is 0 Å². The Bertz CT molecular complexity index is 435. The van der Waals surface area contributed by atoms with Gasteiger partial charge in [0.1, 0.15) is 5.75 Å². The molecule has 0 saturated carbocycles. The zero-order valence-corrected chi connectivity index (χ0v) is 12.7. The predicted molar refractivity (Wildman–Crippen MR) is 79.8 cm³/mol. The fourth-order valence-corrected chi connectivity index (χ4v) is 1.87. The number of pyridine rings is 1. The maximum absolute atomic E-state index is 11.8. The van der Waals surface area contributed by atoms with Crippen molar-refractivity contribution < 1.29 is 9.53 Å². The Hall–Kier alpha value is -1.62. The van der Waals surface area contributed by atoms with Crippen LogP contribution in [-0.2, 0) is 11.2 Å². The Morgan fingerprint density at radius 2 is 2.20 bits per heavy atom. The summed E-state index contributed by atoms with van der Waals surface area (Å²) in [6.07, 6.45) is 2.02. The van der Waals surface area contributed by atoms with Crippen LogP contribution in [0.3, 0.4) is 0 Å². The quantitative estimate of drug-likeness (QED) is 0.783. The first-order valence-corrected chi connectivity index (χ1v) is 7.11. The molecule has 1 aromatic rings. The number of hydrogen-bond acceptors (Lipinski definition) is 4. The SMILES string of the molecule is CCc1nc(C)ccc1OCCC(=O)N(C)CCCN. The van der Waals surface area contributed by atoms with Crippen LogP contribution < -0.4 is 10.5 Å². The van der Waals surface area contributed by atoms with Gasteiger partial charge in [-0.1, -0.05) is 6.92 Å². The minimum atomic E-state index is 0.0802. The predicted octanol–water partition coefficient (Wildman–Crippen LogP) is 1.53. The lowest BCUT2D eigenvalue weighted by molar-refractivity contribution is -0.130. The Kier molecular flexibility index (Phi) is 7.01. The van der Waals surface area contributed by atoms with Gasteiger partial charge in [-0.25, -0.2) is 0 Å². The van der Waals surface area contributed by atoms with Crippen molar-refractivity contribution >= 4 is 5.91 Å². The van der Waals surface area contributed by atoms with Crippen LogP contribution in [0.4, 0.5) is 0 Å². The smallest absolute Gasteiger partial charge is 0.225 e. The third-order valence-electron chi connectivity index (χ3n) is 3.10. The van der Waals surface area contributed by atoms with Crippen LogP contribution in [0.1, 0.15) is 31.2 Å². The van der Waals surface area contributed by atoms with E-state index in [0.717, 1.165) is 30.0 Å². The summed E-state index contributed by atoms with van der Waals surface area (Å²) in [6, 6.07) is 3.84. The first-order chi connectivity index (χ1) is 9.58. The number of amides is 1. The molecule has 112 valence electrons. The molecule has 1 rings (SSSR count). The van der Waals surface area contributed by atoms with E-state index in [0.29, 0.717) is 26.1 Å². The molecular weight excluding hydrogens is 254 g/mol. The Balaban J connectivity index is 2.42. The molecule has 0 aliphatic heterocycles.